The van der Waals surface area contributed by atoms with Crippen LogP contribution in [0.5, 0.6) is 5.75 Å². The average molecular weight is 292 g/mol. The predicted octanol–water partition coefficient (Wildman–Crippen LogP) is 2.40. The van der Waals surface area contributed by atoms with Crippen LogP contribution in [0.2, 0.25) is 0 Å². The lowest BCUT2D eigenvalue weighted by atomic mass is 9.93. The Morgan fingerprint density at radius 1 is 1.43 bits per heavy atom. The molecular formula is C15H20N2O4. The molecule has 1 aliphatic heterocycles. The van der Waals surface area contributed by atoms with Crippen LogP contribution in [-0.2, 0) is 11.3 Å². The van der Waals surface area contributed by atoms with Gasteiger partial charge in [0.25, 0.3) is 5.69 Å². The van der Waals surface area contributed by atoms with Crippen molar-refractivity contribution in [3.63, 3.8) is 0 Å². The molecule has 6 nitrogen and oxygen atoms in total. The van der Waals surface area contributed by atoms with Gasteiger partial charge in [-0.25, -0.2) is 0 Å². The summed E-state index contributed by atoms with van der Waals surface area (Å²) in [6, 6.07) is 4.65. The lowest BCUT2D eigenvalue weighted by Crippen LogP contribution is -2.35. The zero-order valence-electron chi connectivity index (χ0n) is 12.4. The highest BCUT2D eigenvalue weighted by atomic mass is 16.6. The highest BCUT2D eigenvalue weighted by molar-refractivity contribution is 5.78. The summed E-state index contributed by atoms with van der Waals surface area (Å²) < 4.78 is 5.28. The van der Waals surface area contributed by atoms with E-state index in [-0.39, 0.29) is 17.4 Å². The number of rotatable bonds is 5. The van der Waals surface area contributed by atoms with Gasteiger partial charge in [-0.05, 0) is 38.9 Å². The molecule has 0 aliphatic carbocycles. The monoisotopic (exact) mass is 292 g/mol. The lowest BCUT2D eigenvalue weighted by Gasteiger charge is -2.31. The van der Waals surface area contributed by atoms with Crippen LogP contribution in [0.3, 0.4) is 0 Å². The first-order valence-corrected chi connectivity index (χ1v) is 7.05. The van der Waals surface area contributed by atoms with Crippen molar-refractivity contribution >= 4 is 11.5 Å². The summed E-state index contributed by atoms with van der Waals surface area (Å²) in [6.07, 6.45) is 1.71. The van der Waals surface area contributed by atoms with Crippen LogP contribution in [0.25, 0.3) is 0 Å². The number of piperidine rings is 1. The molecular weight excluding hydrogens is 272 g/mol. The summed E-state index contributed by atoms with van der Waals surface area (Å²) in [4.78, 5) is 24.1. The highest BCUT2D eigenvalue weighted by Crippen LogP contribution is 2.27. The van der Waals surface area contributed by atoms with E-state index in [4.69, 9.17) is 4.74 Å². The Bertz CT molecular complexity index is 536. The minimum atomic E-state index is -0.398. The Labute approximate surface area is 123 Å². The van der Waals surface area contributed by atoms with Gasteiger partial charge in [0.2, 0.25) is 0 Å². The van der Waals surface area contributed by atoms with Gasteiger partial charge in [-0.2, -0.15) is 0 Å². The van der Waals surface area contributed by atoms with Crippen LogP contribution >= 0.6 is 0 Å². The number of ketones is 1. The van der Waals surface area contributed by atoms with Crippen LogP contribution in [0, 0.1) is 16.0 Å². The van der Waals surface area contributed by atoms with Gasteiger partial charge >= 0.3 is 0 Å². The van der Waals surface area contributed by atoms with E-state index in [1.807, 2.05) is 0 Å². The van der Waals surface area contributed by atoms with Crippen molar-refractivity contribution in [1.29, 1.82) is 0 Å². The largest absolute Gasteiger partial charge is 0.496 e. The van der Waals surface area contributed by atoms with Gasteiger partial charge in [0.05, 0.1) is 12.0 Å². The van der Waals surface area contributed by atoms with Crippen molar-refractivity contribution in [2.75, 3.05) is 20.2 Å². The minimum absolute atomic E-state index is 0.0735. The second-order valence-corrected chi connectivity index (χ2v) is 5.41. The fourth-order valence-corrected chi connectivity index (χ4v) is 2.74. The molecule has 1 aromatic carbocycles. The highest BCUT2D eigenvalue weighted by Gasteiger charge is 2.23. The number of nitrogens with zero attached hydrogens (tertiary/aromatic N) is 2. The number of carbonyl (C=O) groups is 1. The molecule has 21 heavy (non-hydrogen) atoms. The molecule has 0 saturated carbocycles. The van der Waals surface area contributed by atoms with Crippen LogP contribution in [-0.4, -0.2) is 35.8 Å². The maximum atomic E-state index is 11.4. The van der Waals surface area contributed by atoms with Gasteiger partial charge in [0, 0.05) is 30.2 Å². The first kappa shape index (κ1) is 15.4. The van der Waals surface area contributed by atoms with Gasteiger partial charge in [-0.1, -0.05) is 0 Å². The minimum Gasteiger partial charge on any atom is -0.496 e. The zero-order valence-corrected chi connectivity index (χ0v) is 12.4. The number of nitro groups is 1. The first-order valence-electron chi connectivity index (χ1n) is 7.05. The van der Waals surface area contributed by atoms with E-state index in [0.717, 1.165) is 31.5 Å². The van der Waals surface area contributed by atoms with E-state index < -0.39 is 4.92 Å². The van der Waals surface area contributed by atoms with E-state index >= 15 is 0 Å². The summed E-state index contributed by atoms with van der Waals surface area (Å²) in [5.74, 6) is 1.07. The standard InChI is InChI=1S/C15H20N2O4/c1-11(18)12-5-7-16(8-6-12)10-13-9-14(17(19)20)3-4-15(13)21-2/h3-4,9,12H,5-8,10H2,1-2H3. The van der Waals surface area contributed by atoms with Crippen molar-refractivity contribution in [3.8, 4) is 5.75 Å². The Morgan fingerprint density at radius 3 is 2.62 bits per heavy atom. The van der Waals surface area contributed by atoms with Crippen molar-refractivity contribution in [1.82, 2.24) is 4.90 Å². The molecule has 1 fully saturated rings. The maximum Gasteiger partial charge on any atom is 0.270 e. The van der Waals surface area contributed by atoms with Crippen LogP contribution < -0.4 is 4.74 Å². The summed E-state index contributed by atoms with van der Waals surface area (Å²) in [5, 5.41) is 10.9. The number of likely N-dealkylation sites (tertiary alicyclic amines) is 1. The Morgan fingerprint density at radius 2 is 2.10 bits per heavy atom. The fourth-order valence-electron chi connectivity index (χ4n) is 2.74. The number of methoxy groups -OCH3 is 1. The molecule has 0 atom stereocenters. The van der Waals surface area contributed by atoms with Gasteiger partial charge in [0.15, 0.2) is 0 Å². The van der Waals surface area contributed by atoms with E-state index in [2.05, 4.69) is 4.90 Å². The molecule has 114 valence electrons. The van der Waals surface area contributed by atoms with Gasteiger partial charge < -0.3 is 4.74 Å². The molecule has 0 unspecified atom stereocenters. The van der Waals surface area contributed by atoms with Crippen LogP contribution in [0.15, 0.2) is 18.2 Å². The molecule has 0 spiro atoms. The van der Waals surface area contributed by atoms with Gasteiger partial charge in [-0.3, -0.25) is 19.8 Å². The molecule has 0 radical (unpaired) electrons. The van der Waals surface area contributed by atoms with Crippen LogP contribution in [0.4, 0.5) is 5.69 Å². The summed E-state index contributed by atoms with van der Waals surface area (Å²) in [5.41, 5.74) is 0.886. The third-order valence-electron chi connectivity index (χ3n) is 4.03. The van der Waals surface area contributed by atoms with Gasteiger partial charge in [0.1, 0.15) is 11.5 Å². The number of carbonyl (C=O) groups excluding carboxylic acids is 1. The number of benzene rings is 1. The summed E-state index contributed by atoms with van der Waals surface area (Å²) >= 11 is 0. The molecule has 1 aliphatic rings. The van der Waals surface area contributed by atoms with Crippen molar-refractivity contribution in [2.45, 2.75) is 26.3 Å². The normalized spacial score (nSPS) is 16.7. The molecule has 6 heteroatoms. The topological polar surface area (TPSA) is 72.7 Å². The SMILES string of the molecule is COc1ccc([N+](=O)[O-])cc1CN1CCC(C(C)=O)CC1. The summed E-state index contributed by atoms with van der Waals surface area (Å²) in [7, 11) is 1.56. The predicted molar refractivity (Wildman–Crippen MR) is 78.3 cm³/mol. The fraction of sp³-hybridized carbons (Fsp3) is 0.533. The van der Waals surface area contributed by atoms with Gasteiger partial charge in [-0.15, -0.1) is 0 Å². The number of Topliss-reactive ketones (excluding diaryl/α,β-unsaturated/α-hetero) is 1. The number of nitro benzene ring substituents is 1. The number of ether oxygens (including phenoxy) is 1. The Kier molecular flexibility index (Phi) is 4.90. The molecule has 0 N–H and O–H groups in total. The average Bonchev–Trinajstić information content (AvgIpc) is 2.47. The smallest absolute Gasteiger partial charge is 0.270 e. The van der Waals surface area contributed by atoms with Crippen molar-refractivity contribution < 1.29 is 14.5 Å². The first-order chi connectivity index (χ1) is 10.0. The second kappa shape index (κ2) is 6.67. The van der Waals surface area contributed by atoms with Crippen LogP contribution in [0.1, 0.15) is 25.3 Å². The van der Waals surface area contributed by atoms with E-state index in [1.54, 1.807) is 26.2 Å². The summed E-state index contributed by atoms with van der Waals surface area (Å²) in [6.45, 7) is 3.91. The molecule has 1 saturated heterocycles. The van der Waals surface area contributed by atoms with E-state index in [1.165, 1.54) is 6.07 Å². The molecule has 0 aromatic heterocycles. The second-order valence-electron chi connectivity index (χ2n) is 5.41. The van der Waals surface area contributed by atoms with Crippen molar-refractivity contribution in [3.05, 3.63) is 33.9 Å². The molecule has 0 bridgehead atoms. The molecule has 1 heterocycles. The quantitative estimate of drug-likeness (QED) is 0.615. The third-order valence-corrected chi connectivity index (χ3v) is 4.03. The third kappa shape index (κ3) is 3.78. The molecule has 0 amide bonds. The number of non-ortho nitro benzene ring substituents is 1. The van der Waals surface area contributed by atoms with Crippen molar-refractivity contribution in [2.24, 2.45) is 5.92 Å². The number of hydrogen-bond donors (Lipinski definition) is 0. The Balaban J connectivity index is 2.07. The lowest BCUT2D eigenvalue weighted by molar-refractivity contribution is -0.385. The molecule has 1 aromatic rings. The Hall–Kier alpha value is -1.95. The van der Waals surface area contributed by atoms with E-state index in [0.29, 0.717) is 12.3 Å². The number of hydrogen-bond acceptors (Lipinski definition) is 5. The molecule has 2 rings (SSSR count). The maximum absolute atomic E-state index is 11.4. The zero-order chi connectivity index (χ0) is 15.4. The van der Waals surface area contributed by atoms with E-state index in [9.17, 15) is 14.9 Å².